The molecule has 10 heteroatoms. The zero-order valence-corrected chi connectivity index (χ0v) is 15.6. The van der Waals surface area contributed by atoms with Gasteiger partial charge in [0.25, 0.3) is 11.8 Å². The van der Waals surface area contributed by atoms with Gasteiger partial charge in [-0.05, 0) is 32.0 Å². The predicted octanol–water partition coefficient (Wildman–Crippen LogP) is 2.04. The minimum Gasteiger partial charge on any atom is -0.381 e. The summed E-state index contributed by atoms with van der Waals surface area (Å²) in [5.74, 6) is -1.72. The number of thiophene rings is 1. The summed E-state index contributed by atoms with van der Waals surface area (Å²) in [6.07, 6.45) is 0. The molecule has 134 valence electrons. The number of nitrogens with two attached hydrogens (primary N) is 1. The van der Waals surface area contributed by atoms with Crippen LogP contribution in [-0.4, -0.2) is 30.9 Å². The van der Waals surface area contributed by atoms with Gasteiger partial charge in [0.1, 0.15) is 14.8 Å². The quantitative estimate of drug-likeness (QED) is 0.705. The fourth-order valence-corrected chi connectivity index (χ4v) is 5.07. The average Bonchev–Trinajstić information content (AvgIpc) is 2.91. The van der Waals surface area contributed by atoms with Crippen LogP contribution in [0, 0.1) is 0 Å². The highest BCUT2D eigenvalue weighted by Crippen LogP contribution is 2.36. The van der Waals surface area contributed by atoms with E-state index in [4.69, 9.17) is 17.3 Å². The molecule has 25 heavy (non-hydrogen) atoms. The van der Waals surface area contributed by atoms with Gasteiger partial charge in [-0.15, -0.1) is 11.3 Å². The first-order chi connectivity index (χ1) is 11.4. The molecule has 0 radical (unpaired) electrons. The van der Waals surface area contributed by atoms with Gasteiger partial charge in [0, 0.05) is 0 Å². The highest BCUT2D eigenvalue weighted by molar-refractivity contribution is 7.93. The molecule has 0 atom stereocenters. The van der Waals surface area contributed by atoms with E-state index < -0.39 is 27.3 Å². The number of benzene rings is 1. The van der Waals surface area contributed by atoms with Crippen LogP contribution in [0.4, 0.5) is 5.00 Å². The molecule has 0 spiro atoms. The van der Waals surface area contributed by atoms with Gasteiger partial charge in [-0.25, -0.2) is 8.42 Å². The number of anilines is 1. The maximum absolute atomic E-state index is 12.7. The Labute approximate surface area is 153 Å². The van der Waals surface area contributed by atoms with E-state index in [-0.39, 0.29) is 24.7 Å². The first-order valence-corrected chi connectivity index (χ1v) is 9.59. The van der Waals surface area contributed by atoms with Gasteiger partial charge in [0.2, 0.25) is 9.84 Å². The molecule has 0 aliphatic carbocycles. The number of carbonyl (C=O) groups is 2. The minimum absolute atomic E-state index is 0.0265. The summed E-state index contributed by atoms with van der Waals surface area (Å²) in [4.78, 5) is 23.4. The highest BCUT2D eigenvalue weighted by atomic mass is 35.5. The van der Waals surface area contributed by atoms with Gasteiger partial charge in [-0.3, -0.25) is 9.59 Å². The number of primary amides is 1. The van der Waals surface area contributed by atoms with Crippen molar-refractivity contribution in [3.63, 3.8) is 0 Å². The van der Waals surface area contributed by atoms with Crippen LogP contribution in [0.25, 0.3) is 0 Å². The van der Waals surface area contributed by atoms with Gasteiger partial charge >= 0.3 is 0 Å². The molecule has 7 nitrogen and oxygen atoms in total. The number of nitrogens with one attached hydrogen (secondary N) is 1. The fraction of sp³-hybridized carbons (Fsp3) is 0.200. The van der Waals surface area contributed by atoms with E-state index in [1.807, 2.05) is 0 Å². The van der Waals surface area contributed by atoms with Crippen molar-refractivity contribution in [1.82, 2.24) is 0 Å². The second kappa shape index (κ2) is 6.75. The molecule has 4 N–H and O–H groups in total. The number of aliphatic hydroxyl groups is 1. The van der Waals surface area contributed by atoms with Crippen molar-refractivity contribution in [2.45, 2.75) is 28.6 Å². The van der Waals surface area contributed by atoms with Crippen LogP contribution in [0.1, 0.15) is 24.2 Å². The second-order valence-electron chi connectivity index (χ2n) is 5.62. The van der Waals surface area contributed by atoms with Crippen LogP contribution in [0.5, 0.6) is 0 Å². The standard InChI is InChI=1S/C15H15ClN2O5S2/c1-15(2,21)14(20)18-13-8(12(17)19)7-11(24-13)25(22,23)10-6-4-3-5-9(10)16/h3-7,21H,1-2H3,(H2,17,19)(H,18,20). The Morgan fingerprint density at radius 2 is 1.88 bits per heavy atom. The molecule has 0 unspecified atom stereocenters. The average molecular weight is 403 g/mol. The lowest BCUT2D eigenvalue weighted by Crippen LogP contribution is -2.36. The van der Waals surface area contributed by atoms with Crippen molar-refractivity contribution in [2.75, 3.05) is 5.32 Å². The van der Waals surface area contributed by atoms with Crippen LogP contribution in [-0.2, 0) is 14.6 Å². The molecule has 0 fully saturated rings. The lowest BCUT2D eigenvalue weighted by atomic mass is 10.1. The maximum Gasteiger partial charge on any atom is 0.256 e. The van der Waals surface area contributed by atoms with Crippen molar-refractivity contribution in [1.29, 1.82) is 0 Å². The molecule has 1 heterocycles. The SMILES string of the molecule is CC(C)(O)C(=O)Nc1sc(S(=O)(=O)c2ccccc2Cl)cc1C(N)=O. The summed E-state index contributed by atoms with van der Waals surface area (Å²) in [6.45, 7) is 2.50. The monoisotopic (exact) mass is 402 g/mol. The summed E-state index contributed by atoms with van der Waals surface area (Å²) in [5.41, 5.74) is 3.36. The summed E-state index contributed by atoms with van der Waals surface area (Å²) in [7, 11) is -4.01. The van der Waals surface area contributed by atoms with E-state index in [2.05, 4.69) is 5.32 Å². The molecule has 1 aromatic carbocycles. The van der Waals surface area contributed by atoms with E-state index in [9.17, 15) is 23.1 Å². The molecular formula is C15H15ClN2O5S2. The van der Waals surface area contributed by atoms with Crippen molar-refractivity contribution in [3.8, 4) is 0 Å². The van der Waals surface area contributed by atoms with E-state index in [0.29, 0.717) is 11.3 Å². The van der Waals surface area contributed by atoms with Crippen molar-refractivity contribution in [2.24, 2.45) is 5.73 Å². The molecule has 2 rings (SSSR count). The summed E-state index contributed by atoms with van der Waals surface area (Å²) < 4.78 is 25.3. The van der Waals surface area contributed by atoms with E-state index >= 15 is 0 Å². The summed E-state index contributed by atoms with van der Waals surface area (Å²) in [5, 5.41) is 12.0. The van der Waals surface area contributed by atoms with Crippen LogP contribution in [0.15, 0.2) is 39.4 Å². The fourth-order valence-electron chi connectivity index (χ4n) is 1.80. The topological polar surface area (TPSA) is 127 Å². The zero-order valence-electron chi connectivity index (χ0n) is 13.2. The predicted molar refractivity (Wildman–Crippen MR) is 94.7 cm³/mol. The summed E-state index contributed by atoms with van der Waals surface area (Å²) >= 11 is 6.60. The van der Waals surface area contributed by atoms with Gasteiger partial charge < -0.3 is 16.2 Å². The first-order valence-electron chi connectivity index (χ1n) is 6.91. The third-order valence-corrected chi connectivity index (χ3v) is 6.93. The normalized spacial score (nSPS) is 12.0. The van der Waals surface area contributed by atoms with Crippen LogP contribution < -0.4 is 11.1 Å². The Morgan fingerprint density at radius 3 is 2.40 bits per heavy atom. The molecule has 0 saturated carbocycles. The molecule has 0 saturated heterocycles. The molecule has 0 aliphatic rings. The Morgan fingerprint density at radius 1 is 1.28 bits per heavy atom. The lowest BCUT2D eigenvalue weighted by molar-refractivity contribution is -0.130. The maximum atomic E-state index is 12.7. The minimum atomic E-state index is -4.01. The first kappa shape index (κ1) is 19.4. The number of amides is 2. The number of halogens is 1. The largest absolute Gasteiger partial charge is 0.381 e. The summed E-state index contributed by atoms with van der Waals surface area (Å²) in [6, 6.07) is 6.92. The Hall–Kier alpha value is -1.94. The van der Waals surface area contributed by atoms with Gasteiger partial charge in [0.15, 0.2) is 0 Å². The molecule has 0 bridgehead atoms. The Balaban J connectivity index is 2.54. The number of hydrogen-bond acceptors (Lipinski definition) is 6. The molecule has 2 amide bonds. The van der Waals surface area contributed by atoms with Crippen LogP contribution in [0.3, 0.4) is 0 Å². The molecule has 0 aliphatic heterocycles. The van der Waals surface area contributed by atoms with Gasteiger partial charge in [-0.1, -0.05) is 23.7 Å². The number of hydrogen-bond donors (Lipinski definition) is 3. The van der Waals surface area contributed by atoms with Gasteiger partial charge in [-0.2, -0.15) is 0 Å². The third-order valence-electron chi connectivity index (χ3n) is 3.15. The van der Waals surface area contributed by atoms with E-state index in [1.165, 1.54) is 32.0 Å². The molecular weight excluding hydrogens is 388 g/mol. The van der Waals surface area contributed by atoms with Crippen LogP contribution in [0.2, 0.25) is 5.02 Å². The van der Waals surface area contributed by atoms with E-state index in [0.717, 1.165) is 6.07 Å². The Bertz CT molecular complexity index is 945. The molecule has 1 aromatic heterocycles. The number of rotatable bonds is 5. The van der Waals surface area contributed by atoms with Crippen molar-refractivity contribution >= 4 is 49.6 Å². The Kier molecular flexibility index (Phi) is 5.24. The number of sulfone groups is 1. The van der Waals surface area contributed by atoms with Gasteiger partial charge in [0.05, 0.1) is 15.5 Å². The zero-order chi connectivity index (χ0) is 19.0. The number of carbonyl (C=O) groups excluding carboxylic acids is 2. The molecule has 2 aromatic rings. The van der Waals surface area contributed by atoms with E-state index in [1.54, 1.807) is 6.07 Å². The third kappa shape index (κ3) is 4.01. The smallest absolute Gasteiger partial charge is 0.256 e. The lowest BCUT2D eigenvalue weighted by Gasteiger charge is -2.16. The highest BCUT2D eigenvalue weighted by Gasteiger charge is 2.29. The van der Waals surface area contributed by atoms with Crippen molar-refractivity contribution in [3.05, 3.63) is 40.9 Å². The van der Waals surface area contributed by atoms with Crippen molar-refractivity contribution < 1.29 is 23.1 Å². The second-order valence-corrected chi connectivity index (χ2v) is 9.22. The van der Waals surface area contributed by atoms with Crippen LogP contribution >= 0.6 is 22.9 Å².